The Morgan fingerprint density at radius 3 is 2.51 bits per heavy atom. The standard InChI is InChI=1S/C25H26N4O6S2/c1-4-33-22-15-18(10-11-21(22)35-13-12-34-20-8-6-5-7-9-20)14-19(16-26)23(30)27-24-28-25(29-36-24)37(31,32)17(2)3/h5-11,14-15,17H,4,12-13H2,1-3H3,(H,27,28,29,30)/b19-14-. The quantitative estimate of drug-likeness (QED) is 0.203. The lowest BCUT2D eigenvalue weighted by Crippen LogP contribution is -2.16. The van der Waals surface area contributed by atoms with Crippen LogP contribution in [0.5, 0.6) is 17.2 Å². The minimum Gasteiger partial charge on any atom is -0.490 e. The fraction of sp³-hybridized carbons (Fsp3) is 0.280. The van der Waals surface area contributed by atoms with Crippen LogP contribution in [0.2, 0.25) is 0 Å². The minimum absolute atomic E-state index is 0.0261. The molecule has 1 N–H and O–H groups in total. The average Bonchev–Trinajstić information content (AvgIpc) is 3.36. The van der Waals surface area contributed by atoms with E-state index in [1.54, 1.807) is 18.2 Å². The molecule has 0 aliphatic carbocycles. The molecule has 0 aliphatic heterocycles. The lowest BCUT2D eigenvalue weighted by molar-refractivity contribution is -0.112. The van der Waals surface area contributed by atoms with Crippen LogP contribution in [0, 0.1) is 11.3 Å². The van der Waals surface area contributed by atoms with E-state index in [0.717, 1.165) is 17.3 Å². The van der Waals surface area contributed by atoms with Crippen molar-refractivity contribution in [3.63, 3.8) is 0 Å². The maximum absolute atomic E-state index is 12.6. The van der Waals surface area contributed by atoms with Gasteiger partial charge in [0.15, 0.2) is 11.5 Å². The fourth-order valence-corrected chi connectivity index (χ4v) is 4.59. The van der Waals surface area contributed by atoms with Crippen LogP contribution in [0.15, 0.2) is 59.3 Å². The minimum atomic E-state index is -3.68. The smallest absolute Gasteiger partial charge is 0.268 e. The van der Waals surface area contributed by atoms with Gasteiger partial charge in [0.25, 0.3) is 11.1 Å². The van der Waals surface area contributed by atoms with Crippen molar-refractivity contribution in [2.45, 2.75) is 31.2 Å². The van der Waals surface area contributed by atoms with Crippen molar-refractivity contribution < 1.29 is 27.4 Å². The molecule has 0 aliphatic rings. The van der Waals surface area contributed by atoms with E-state index in [9.17, 15) is 18.5 Å². The first-order valence-electron chi connectivity index (χ1n) is 11.3. The van der Waals surface area contributed by atoms with Crippen molar-refractivity contribution in [2.75, 3.05) is 25.1 Å². The van der Waals surface area contributed by atoms with E-state index in [-0.39, 0.29) is 22.5 Å². The molecular formula is C25H26N4O6S2. The molecule has 1 heterocycles. The summed E-state index contributed by atoms with van der Waals surface area (Å²) < 4.78 is 45.3. The molecule has 3 rings (SSSR count). The van der Waals surface area contributed by atoms with Gasteiger partial charge in [0, 0.05) is 11.5 Å². The first-order chi connectivity index (χ1) is 17.7. The van der Waals surface area contributed by atoms with E-state index in [4.69, 9.17) is 14.2 Å². The molecule has 0 fully saturated rings. The summed E-state index contributed by atoms with van der Waals surface area (Å²) in [4.78, 5) is 16.5. The zero-order valence-corrected chi connectivity index (χ0v) is 22.1. The number of amides is 1. The highest BCUT2D eigenvalue weighted by Crippen LogP contribution is 2.29. The maximum Gasteiger partial charge on any atom is 0.268 e. The van der Waals surface area contributed by atoms with Gasteiger partial charge in [-0.2, -0.15) is 14.6 Å². The summed E-state index contributed by atoms with van der Waals surface area (Å²) >= 11 is 0.720. The second-order valence-corrected chi connectivity index (χ2v) is 10.9. The van der Waals surface area contributed by atoms with Crippen molar-refractivity contribution >= 4 is 38.5 Å². The summed E-state index contributed by atoms with van der Waals surface area (Å²) in [5.74, 6) is 0.932. The molecule has 10 nitrogen and oxygen atoms in total. The van der Waals surface area contributed by atoms with E-state index in [2.05, 4.69) is 14.7 Å². The molecule has 0 spiro atoms. The number of carbonyl (C=O) groups excluding carboxylic acids is 1. The monoisotopic (exact) mass is 542 g/mol. The predicted molar refractivity (Wildman–Crippen MR) is 139 cm³/mol. The van der Waals surface area contributed by atoms with E-state index >= 15 is 0 Å². The van der Waals surface area contributed by atoms with Crippen LogP contribution < -0.4 is 19.5 Å². The third kappa shape index (κ3) is 7.52. The van der Waals surface area contributed by atoms with Crippen molar-refractivity contribution in [1.82, 2.24) is 9.36 Å². The molecule has 37 heavy (non-hydrogen) atoms. The number of ether oxygens (including phenoxy) is 3. The summed E-state index contributed by atoms with van der Waals surface area (Å²) in [6.45, 7) is 5.85. The van der Waals surface area contributed by atoms with E-state index < -0.39 is 21.0 Å². The topological polar surface area (TPSA) is 140 Å². The Kier molecular flexibility index (Phi) is 9.59. The molecule has 194 valence electrons. The van der Waals surface area contributed by atoms with Crippen molar-refractivity contribution in [3.05, 3.63) is 59.7 Å². The number of sulfone groups is 1. The number of hydrogen-bond donors (Lipinski definition) is 1. The van der Waals surface area contributed by atoms with Gasteiger partial charge in [0.2, 0.25) is 15.0 Å². The molecular weight excluding hydrogens is 516 g/mol. The van der Waals surface area contributed by atoms with Crippen LogP contribution in [0.25, 0.3) is 6.08 Å². The highest BCUT2D eigenvalue weighted by molar-refractivity contribution is 7.91. The third-order valence-electron chi connectivity index (χ3n) is 4.80. The van der Waals surface area contributed by atoms with Crippen LogP contribution in [0.3, 0.4) is 0 Å². The molecule has 0 radical (unpaired) electrons. The Morgan fingerprint density at radius 1 is 1.11 bits per heavy atom. The lowest BCUT2D eigenvalue weighted by Gasteiger charge is -2.13. The Hall–Kier alpha value is -3.95. The lowest BCUT2D eigenvalue weighted by atomic mass is 10.1. The number of para-hydroxylation sites is 1. The van der Waals surface area contributed by atoms with Crippen LogP contribution >= 0.6 is 11.5 Å². The zero-order valence-electron chi connectivity index (χ0n) is 20.5. The first-order valence-corrected chi connectivity index (χ1v) is 13.6. The molecule has 0 atom stereocenters. The number of nitrogens with zero attached hydrogens (tertiary/aromatic N) is 3. The summed E-state index contributed by atoms with van der Waals surface area (Å²) in [7, 11) is -3.68. The number of nitrogens with one attached hydrogen (secondary N) is 1. The highest BCUT2D eigenvalue weighted by atomic mass is 32.2. The fourth-order valence-electron chi connectivity index (χ4n) is 2.90. The van der Waals surface area contributed by atoms with Gasteiger partial charge in [-0.3, -0.25) is 10.1 Å². The zero-order chi connectivity index (χ0) is 26.8. The maximum atomic E-state index is 12.6. The molecule has 1 aromatic heterocycles. The molecule has 0 unspecified atom stereocenters. The third-order valence-corrected chi connectivity index (χ3v) is 7.48. The number of carbonyl (C=O) groups is 1. The van der Waals surface area contributed by atoms with Gasteiger partial charge < -0.3 is 14.2 Å². The first kappa shape index (κ1) is 27.6. The van der Waals surface area contributed by atoms with E-state index in [1.165, 1.54) is 19.9 Å². The van der Waals surface area contributed by atoms with Crippen molar-refractivity contribution in [1.29, 1.82) is 5.26 Å². The summed E-state index contributed by atoms with van der Waals surface area (Å²) in [5, 5.41) is 10.9. The largest absolute Gasteiger partial charge is 0.490 e. The number of rotatable bonds is 12. The van der Waals surface area contributed by atoms with Gasteiger partial charge in [-0.15, -0.1) is 0 Å². The van der Waals surface area contributed by atoms with Crippen LogP contribution in [-0.4, -0.2) is 48.8 Å². The molecule has 12 heteroatoms. The molecule has 0 saturated carbocycles. The Bertz CT molecular complexity index is 1400. The van der Waals surface area contributed by atoms with Gasteiger partial charge in [-0.05, 0) is 56.7 Å². The summed E-state index contributed by atoms with van der Waals surface area (Å²) in [6, 6.07) is 16.2. The second kappa shape index (κ2) is 12.8. The van der Waals surface area contributed by atoms with Crippen molar-refractivity contribution in [3.8, 4) is 23.3 Å². The summed E-state index contributed by atoms with van der Waals surface area (Å²) in [6.07, 6.45) is 1.38. The number of anilines is 1. The Labute approximate surface area is 219 Å². The van der Waals surface area contributed by atoms with Gasteiger partial charge in [0.05, 0.1) is 11.9 Å². The predicted octanol–water partition coefficient (Wildman–Crippen LogP) is 4.12. The molecule has 0 bridgehead atoms. The molecule has 2 aromatic carbocycles. The normalized spacial score (nSPS) is 11.6. The average molecular weight is 543 g/mol. The van der Waals surface area contributed by atoms with Gasteiger partial charge in [0.1, 0.15) is 30.6 Å². The SMILES string of the molecule is CCOc1cc(/C=C(/C#N)C(=O)Nc2nc(S(=O)(=O)C(C)C)ns2)ccc1OCCOc1ccccc1. The van der Waals surface area contributed by atoms with Crippen LogP contribution in [0.4, 0.5) is 5.13 Å². The van der Waals surface area contributed by atoms with Gasteiger partial charge in [-0.25, -0.2) is 8.42 Å². The van der Waals surface area contributed by atoms with Crippen LogP contribution in [0.1, 0.15) is 26.3 Å². The molecule has 1 amide bonds. The number of aromatic nitrogens is 2. The number of hydrogen-bond acceptors (Lipinski definition) is 10. The van der Waals surface area contributed by atoms with Crippen LogP contribution in [-0.2, 0) is 14.6 Å². The Balaban J connectivity index is 1.68. The molecule has 3 aromatic rings. The highest BCUT2D eigenvalue weighted by Gasteiger charge is 2.25. The Morgan fingerprint density at radius 2 is 1.84 bits per heavy atom. The van der Waals surface area contributed by atoms with Gasteiger partial charge in [-0.1, -0.05) is 24.3 Å². The van der Waals surface area contributed by atoms with Gasteiger partial charge >= 0.3 is 0 Å². The van der Waals surface area contributed by atoms with Crippen molar-refractivity contribution in [2.24, 2.45) is 0 Å². The summed E-state index contributed by atoms with van der Waals surface area (Å²) in [5.41, 5.74) is 0.319. The van der Waals surface area contributed by atoms with E-state index in [1.807, 2.05) is 43.3 Å². The molecule has 0 saturated heterocycles. The number of nitriles is 1. The second-order valence-electron chi connectivity index (χ2n) is 7.75. The van der Waals surface area contributed by atoms with E-state index in [0.29, 0.717) is 30.3 Å². The number of benzene rings is 2.